The van der Waals surface area contributed by atoms with Crippen LogP contribution in [0.1, 0.15) is 19.8 Å². The minimum atomic E-state index is -0.468. The SMILES string of the molecule is CCN(c1c(NC(=O)Nc2cnc(-n3nccn3)c(Cl)c2)cnn2cc(Cl)nc12)C1CC1. The van der Waals surface area contributed by atoms with Crippen LogP contribution in [0.3, 0.4) is 0 Å². The largest absolute Gasteiger partial charge is 0.364 e. The van der Waals surface area contributed by atoms with Crippen LogP contribution in [0.25, 0.3) is 11.5 Å². The van der Waals surface area contributed by atoms with Crippen molar-refractivity contribution in [3.05, 3.63) is 47.2 Å². The molecule has 0 saturated heterocycles. The Morgan fingerprint density at radius 3 is 2.66 bits per heavy atom. The lowest BCUT2D eigenvalue weighted by Gasteiger charge is -2.25. The third-order valence-electron chi connectivity index (χ3n) is 4.99. The molecule has 2 amide bonds. The summed E-state index contributed by atoms with van der Waals surface area (Å²) in [4.78, 5) is 24.9. The van der Waals surface area contributed by atoms with E-state index in [4.69, 9.17) is 23.2 Å². The number of hydrogen-bond donors (Lipinski definition) is 2. The van der Waals surface area contributed by atoms with Crippen LogP contribution >= 0.6 is 23.2 Å². The summed E-state index contributed by atoms with van der Waals surface area (Å²) in [7, 11) is 0. The second-order valence-corrected chi connectivity index (χ2v) is 7.98. The van der Waals surface area contributed by atoms with Crippen molar-refractivity contribution in [2.45, 2.75) is 25.8 Å². The van der Waals surface area contributed by atoms with Gasteiger partial charge in [-0.05, 0) is 25.8 Å². The summed E-state index contributed by atoms with van der Waals surface area (Å²) < 4.78 is 1.61. The minimum absolute atomic E-state index is 0.292. The Hall–Kier alpha value is -3.44. The first-order valence-corrected chi connectivity index (χ1v) is 10.7. The topological polar surface area (TPSA) is 118 Å². The van der Waals surface area contributed by atoms with Gasteiger partial charge < -0.3 is 15.5 Å². The lowest BCUT2D eigenvalue weighted by atomic mass is 10.3. The molecular weight excluding hydrogens is 455 g/mol. The van der Waals surface area contributed by atoms with Crippen molar-refractivity contribution in [3.8, 4) is 5.82 Å². The first kappa shape index (κ1) is 20.5. The maximum Gasteiger partial charge on any atom is 0.323 e. The highest BCUT2D eigenvalue weighted by Gasteiger charge is 2.32. The van der Waals surface area contributed by atoms with Gasteiger partial charge in [0.05, 0.1) is 47.4 Å². The van der Waals surface area contributed by atoms with Crippen molar-refractivity contribution >= 4 is 51.9 Å². The fourth-order valence-corrected chi connectivity index (χ4v) is 3.92. The van der Waals surface area contributed by atoms with Gasteiger partial charge in [-0.2, -0.15) is 15.3 Å². The molecule has 0 bridgehead atoms. The summed E-state index contributed by atoms with van der Waals surface area (Å²) in [6.45, 7) is 2.82. The molecule has 1 saturated carbocycles. The van der Waals surface area contributed by atoms with Crippen LogP contribution in [0, 0.1) is 0 Å². The number of pyridine rings is 1. The highest BCUT2D eigenvalue weighted by Crippen LogP contribution is 2.38. The maximum absolute atomic E-state index is 12.8. The Morgan fingerprint density at radius 2 is 1.97 bits per heavy atom. The van der Waals surface area contributed by atoms with E-state index in [2.05, 4.69) is 47.7 Å². The number of nitrogens with zero attached hydrogens (tertiary/aromatic N) is 8. The van der Waals surface area contributed by atoms with Crippen molar-refractivity contribution in [3.63, 3.8) is 0 Å². The normalized spacial score (nSPS) is 13.3. The van der Waals surface area contributed by atoms with E-state index in [9.17, 15) is 4.79 Å². The molecule has 0 aliphatic heterocycles. The Balaban J connectivity index is 1.41. The number of urea groups is 1. The lowest BCUT2D eigenvalue weighted by molar-refractivity contribution is 0.262. The monoisotopic (exact) mass is 472 g/mol. The summed E-state index contributed by atoms with van der Waals surface area (Å²) in [5, 5.41) is 18.6. The van der Waals surface area contributed by atoms with Gasteiger partial charge in [-0.1, -0.05) is 23.2 Å². The molecule has 1 aliphatic carbocycles. The summed E-state index contributed by atoms with van der Waals surface area (Å²) >= 11 is 12.4. The van der Waals surface area contributed by atoms with E-state index in [-0.39, 0.29) is 0 Å². The molecule has 1 fully saturated rings. The van der Waals surface area contributed by atoms with Crippen LogP contribution in [0.15, 0.2) is 37.1 Å². The molecule has 0 radical (unpaired) electrons. The number of carbonyl (C=O) groups excluding carboxylic acids is 1. The molecule has 0 aromatic carbocycles. The van der Waals surface area contributed by atoms with E-state index >= 15 is 0 Å². The van der Waals surface area contributed by atoms with E-state index in [1.807, 2.05) is 0 Å². The molecule has 0 unspecified atom stereocenters. The van der Waals surface area contributed by atoms with Gasteiger partial charge in [0.15, 0.2) is 11.5 Å². The Kier molecular flexibility index (Phi) is 5.27. The van der Waals surface area contributed by atoms with E-state index in [1.54, 1.807) is 23.0 Å². The minimum Gasteiger partial charge on any atom is -0.364 e. The van der Waals surface area contributed by atoms with E-state index in [1.165, 1.54) is 23.4 Å². The number of carbonyl (C=O) groups is 1. The van der Waals surface area contributed by atoms with Crippen molar-refractivity contribution in [1.29, 1.82) is 0 Å². The first-order chi connectivity index (χ1) is 15.5. The number of fused-ring (bicyclic) bond motifs is 1. The number of nitrogens with one attached hydrogen (secondary N) is 2. The maximum atomic E-state index is 12.8. The molecule has 0 spiro atoms. The molecular formula is C19H18Cl2N10O. The van der Waals surface area contributed by atoms with Crippen LogP contribution in [-0.2, 0) is 0 Å². The molecule has 4 aromatic heterocycles. The second-order valence-electron chi connectivity index (χ2n) is 7.18. The third kappa shape index (κ3) is 3.92. The van der Waals surface area contributed by atoms with Crippen LogP contribution in [0.5, 0.6) is 0 Å². The molecule has 4 aromatic rings. The van der Waals surface area contributed by atoms with Gasteiger partial charge >= 0.3 is 6.03 Å². The standard InChI is InChI=1S/C19H18Cl2N10O/c1-2-29(12-3-4-12)16-14(9-25-30-10-15(21)28-18(16)30)27-19(32)26-11-7-13(20)17(22-8-11)31-23-5-6-24-31/h5-10,12H,2-4H2,1H3,(H2,26,27,32). The number of halogens is 2. The van der Waals surface area contributed by atoms with Gasteiger partial charge in [-0.25, -0.2) is 19.3 Å². The van der Waals surface area contributed by atoms with Gasteiger partial charge in [-0.3, -0.25) is 0 Å². The van der Waals surface area contributed by atoms with E-state index < -0.39 is 6.03 Å². The smallest absolute Gasteiger partial charge is 0.323 e. The van der Waals surface area contributed by atoms with Gasteiger partial charge in [0, 0.05) is 12.6 Å². The van der Waals surface area contributed by atoms with Crippen LogP contribution in [-0.4, -0.2) is 53.2 Å². The predicted octanol–water partition coefficient (Wildman–Crippen LogP) is 3.64. The fourth-order valence-electron chi connectivity index (χ4n) is 3.51. The van der Waals surface area contributed by atoms with Crippen LogP contribution in [0.4, 0.5) is 21.9 Å². The second kappa shape index (κ2) is 8.24. The van der Waals surface area contributed by atoms with Crippen molar-refractivity contribution in [2.24, 2.45) is 0 Å². The number of aromatic nitrogens is 7. The molecule has 2 N–H and O–H groups in total. The molecule has 1 aliphatic rings. The van der Waals surface area contributed by atoms with Crippen molar-refractivity contribution in [1.82, 2.24) is 34.6 Å². The van der Waals surface area contributed by atoms with E-state index in [0.29, 0.717) is 39.1 Å². The summed E-state index contributed by atoms with van der Waals surface area (Å²) in [5.41, 5.74) is 2.31. The Labute approximate surface area is 192 Å². The number of hydrogen-bond acceptors (Lipinski definition) is 7. The molecule has 4 heterocycles. The summed E-state index contributed by atoms with van der Waals surface area (Å²) in [6.07, 6.45) is 9.91. The quantitative estimate of drug-likeness (QED) is 0.439. The molecule has 13 heteroatoms. The zero-order chi connectivity index (χ0) is 22.2. The molecule has 0 atom stereocenters. The van der Waals surface area contributed by atoms with Gasteiger partial charge in [0.25, 0.3) is 0 Å². The number of amides is 2. The van der Waals surface area contributed by atoms with Gasteiger partial charge in [-0.15, -0.1) is 4.80 Å². The molecule has 11 nitrogen and oxygen atoms in total. The number of imidazole rings is 1. The van der Waals surface area contributed by atoms with Gasteiger partial charge in [0.2, 0.25) is 0 Å². The molecule has 164 valence electrons. The Bertz CT molecular complexity index is 1290. The lowest BCUT2D eigenvalue weighted by Crippen LogP contribution is -2.29. The average Bonchev–Trinajstić information content (AvgIpc) is 3.29. The zero-order valence-corrected chi connectivity index (χ0v) is 18.4. The highest BCUT2D eigenvalue weighted by molar-refractivity contribution is 6.32. The number of rotatable bonds is 6. The zero-order valence-electron chi connectivity index (χ0n) is 16.9. The fraction of sp³-hybridized carbons (Fsp3) is 0.263. The third-order valence-corrected chi connectivity index (χ3v) is 5.45. The van der Waals surface area contributed by atoms with Gasteiger partial charge in [0.1, 0.15) is 10.8 Å². The number of anilines is 3. The van der Waals surface area contributed by atoms with E-state index in [0.717, 1.165) is 25.1 Å². The predicted molar refractivity (Wildman–Crippen MR) is 121 cm³/mol. The molecule has 32 heavy (non-hydrogen) atoms. The molecule has 5 rings (SSSR count). The average molecular weight is 473 g/mol. The highest BCUT2D eigenvalue weighted by atomic mass is 35.5. The van der Waals surface area contributed by atoms with Crippen molar-refractivity contribution < 1.29 is 4.79 Å². The van der Waals surface area contributed by atoms with Crippen LogP contribution < -0.4 is 15.5 Å². The van der Waals surface area contributed by atoms with Crippen molar-refractivity contribution in [2.75, 3.05) is 22.1 Å². The van der Waals surface area contributed by atoms with Crippen LogP contribution in [0.2, 0.25) is 10.2 Å². The Morgan fingerprint density at radius 1 is 1.19 bits per heavy atom. The first-order valence-electron chi connectivity index (χ1n) is 9.94. The summed E-state index contributed by atoms with van der Waals surface area (Å²) in [6, 6.07) is 1.51. The summed E-state index contributed by atoms with van der Waals surface area (Å²) in [5.74, 6) is 0.360.